The van der Waals surface area contributed by atoms with Crippen LogP contribution in [0, 0.1) is 0 Å². The number of benzene rings is 2. The fourth-order valence-electron chi connectivity index (χ4n) is 2.71. The molecule has 4 rings (SSSR count). The lowest BCUT2D eigenvalue weighted by Crippen LogP contribution is -2.24. The Morgan fingerprint density at radius 1 is 1.08 bits per heavy atom. The summed E-state index contributed by atoms with van der Waals surface area (Å²) in [5, 5.41) is 7.49. The normalized spacial score (nSPS) is 12.2. The predicted molar refractivity (Wildman–Crippen MR) is 98.9 cm³/mol. The molecule has 0 aliphatic carbocycles. The third kappa shape index (κ3) is 3.36. The molecule has 0 saturated carbocycles. The quantitative estimate of drug-likeness (QED) is 0.747. The lowest BCUT2D eigenvalue weighted by molar-refractivity contribution is 0.174. The summed E-state index contributed by atoms with van der Waals surface area (Å²) in [7, 11) is 0. The van der Waals surface area contributed by atoms with Gasteiger partial charge in [0.15, 0.2) is 11.5 Å². The summed E-state index contributed by atoms with van der Waals surface area (Å²) in [6.07, 6.45) is 1.57. The molecule has 0 spiro atoms. The molecular weight excluding hydrogens is 354 g/mol. The van der Waals surface area contributed by atoms with E-state index >= 15 is 0 Å². The molecule has 0 radical (unpaired) electrons. The number of ether oxygens (including phenoxy) is 2. The zero-order chi connectivity index (χ0) is 17.9. The van der Waals surface area contributed by atoms with Crippen molar-refractivity contribution < 1.29 is 9.47 Å². The van der Waals surface area contributed by atoms with Gasteiger partial charge in [0.25, 0.3) is 5.56 Å². The van der Waals surface area contributed by atoms with Crippen LogP contribution in [0.5, 0.6) is 11.5 Å². The van der Waals surface area contributed by atoms with Gasteiger partial charge < -0.3 is 14.8 Å². The first-order valence-corrected chi connectivity index (χ1v) is 8.50. The first-order chi connectivity index (χ1) is 12.7. The van der Waals surface area contributed by atoms with E-state index in [1.165, 1.54) is 4.68 Å². The van der Waals surface area contributed by atoms with E-state index in [-0.39, 0.29) is 17.4 Å². The minimum atomic E-state index is -0.328. The van der Waals surface area contributed by atoms with Crippen molar-refractivity contribution in [3.8, 4) is 11.5 Å². The zero-order valence-corrected chi connectivity index (χ0v) is 14.6. The topological polar surface area (TPSA) is 65.4 Å². The van der Waals surface area contributed by atoms with Gasteiger partial charge in [0.05, 0.1) is 18.4 Å². The summed E-state index contributed by atoms with van der Waals surface area (Å²) >= 11 is 6.24. The second kappa shape index (κ2) is 7.09. The molecule has 7 heteroatoms. The fourth-order valence-corrected chi connectivity index (χ4v) is 2.92. The largest absolute Gasteiger partial charge is 0.454 e. The number of hydrogen-bond donors (Lipinski definition) is 1. The minimum Gasteiger partial charge on any atom is -0.454 e. The van der Waals surface area contributed by atoms with Crippen LogP contribution in [0.25, 0.3) is 0 Å². The van der Waals surface area contributed by atoms with E-state index in [1.807, 2.05) is 48.5 Å². The first kappa shape index (κ1) is 16.5. The molecule has 0 fully saturated rings. The van der Waals surface area contributed by atoms with Crippen LogP contribution in [0.15, 0.2) is 59.5 Å². The minimum absolute atomic E-state index is 0.122. The van der Waals surface area contributed by atoms with Crippen molar-refractivity contribution in [3.05, 3.63) is 81.2 Å². The maximum atomic E-state index is 12.5. The van der Waals surface area contributed by atoms with Crippen molar-refractivity contribution in [1.29, 1.82) is 0 Å². The van der Waals surface area contributed by atoms with Gasteiger partial charge in [0, 0.05) is 6.54 Å². The molecular formula is C19H16ClN3O3. The number of aromatic nitrogens is 2. The van der Waals surface area contributed by atoms with Gasteiger partial charge in [-0.3, -0.25) is 4.79 Å². The van der Waals surface area contributed by atoms with Crippen molar-refractivity contribution in [2.24, 2.45) is 0 Å². The van der Waals surface area contributed by atoms with E-state index in [0.29, 0.717) is 24.5 Å². The smallest absolute Gasteiger partial charge is 0.287 e. The van der Waals surface area contributed by atoms with Crippen LogP contribution in [-0.2, 0) is 13.1 Å². The average Bonchev–Trinajstić information content (AvgIpc) is 3.13. The number of anilines is 1. The third-order valence-electron chi connectivity index (χ3n) is 4.08. The summed E-state index contributed by atoms with van der Waals surface area (Å²) in [6, 6.07) is 15.3. The standard InChI is InChI=1S/C19H16ClN3O3/c20-18-15(21-9-14-6-7-16-17(8-14)26-12-25-16)10-22-23(19(18)24)11-13-4-2-1-3-5-13/h1-8,10,21H,9,11-12H2. The Bertz CT molecular complexity index is 989. The summed E-state index contributed by atoms with van der Waals surface area (Å²) < 4.78 is 12.0. The number of fused-ring (bicyclic) bond motifs is 1. The maximum Gasteiger partial charge on any atom is 0.287 e. The molecule has 26 heavy (non-hydrogen) atoms. The van der Waals surface area contributed by atoms with Gasteiger partial charge in [-0.15, -0.1) is 0 Å². The molecule has 0 unspecified atom stereocenters. The highest BCUT2D eigenvalue weighted by Gasteiger charge is 2.14. The molecule has 0 atom stereocenters. The van der Waals surface area contributed by atoms with Crippen molar-refractivity contribution in [2.75, 3.05) is 12.1 Å². The number of nitrogens with one attached hydrogen (secondary N) is 1. The molecule has 2 heterocycles. The summed E-state index contributed by atoms with van der Waals surface area (Å²) in [4.78, 5) is 12.5. The Kier molecular flexibility index (Phi) is 4.50. The van der Waals surface area contributed by atoms with E-state index in [0.717, 1.165) is 16.9 Å². The first-order valence-electron chi connectivity index (χ1n) is 8.12. The highest BCUT2D eigenvalue weighted by Crippen LogP contribution is 2.32. The number of halogens is 1. The lowest BCUT2D eigenvalue weighted by atomic mass is 10.2. The molecule has 1 N–H and O–H groups in total. The molecule has 1 aromatic heterocycles. The summed E-state index contributed by atoms with van der Waals surface area (Å²) in [5.74, 6) is 1.45. The zero-order valence-electron chi connectivity index (χ0n) is 13.8. The molecule has 3 aromatic rings. The Morgan fingerprint density at radius 3 is 2.73 bits per heavy atom. The molecule has 2 aromatic carbocycles. The van der Waals surface area contributed by atoms with E-state index < -0.39 is 0 Å². The molecule has 6 nitrogen and oxygen atoms in total. The van der Waals surface area contributed by atoms with Crippen LogP contribution < -0.4 is 20.3 Å². The van der Waals surface area contributed by atoms with Gasteiger partial charge in [0.2, 0.25) is 6.79 Å². The molecule has 132 valence electrons. The molecule has 0 saturated heterocycles. The highest BCUT2D eigenvalue weighted by molar-refractivity contribution is 6.32. The molecule has 0 amide bonds. The predicted octanol–water partition coefficient (Wildman–Crippen LogP) is 3.29. The van der Waals surface area contributed by atoms with Gasteiger partial charge >= 0.3 is 0 Å². The van der Waals surface area contributed by atoms with Gasteiger partial charge in [-0.1, -0.05) is 48.0 Å². The second-order valence-electron chi connectivity index (χ2n) is 5.86. The van der Waals surface area contributed by atoms with E-state index in [9.17, 15) is 4.79 Å². The second-order valence-corrected chi connectivity index (χ2v) is 6.24. The Labute approximate surface area is 154 Å². The summed E-state index contributed by atoms with van der Waals surface area (Å²) in [6.45, 7) is 1.10. The molecule has 0 bridgehead atoms. The summed E-state index contributed by atoms with van der Waals surface area (Å²) in [5.41, 5.74) is 2.14. The van der Waals surface area contributed by atoms with E-state index in [2.05, 4.69) is 10.4 Å². The van der Waals surface area contributed by atoms with Gasteiger partial charge in [-0.05, 0) is 23.3 Å². The Morgan fingerprint density at radius 2 is 1.88 bits per heavy atom. The van der Waals surface area contributed by atoms with Crippen molar-refractivity contribution in [3.63, 3.8) is 0 Å². The van der Waals surface area contributed by atoms with Crippen molar-refractivity contribution in [2.45, 2.75) is 13.1 Å². The van der Waals surface area contributed by atoms with Gasteiger partial charge in [-0.25, -0.2) is 4.68 Å². The van der Waals surface area contributed by atoms with Crippen molar-refractivity contribution in [1.82, 2.24) is 9.78 Å². The van der Waals surface area contributed by atoms with Crippen LogP contribution in [-0.4, -0.2) is 16.6 Å². The van der Waals surface area contributed by atoms with Crippen molar-refractivity contribution >= 4 is 17.3 Å². The van der Waals surface area contributed by atoms with E-state index in [4.69, 9.17) is 21.1 Å². The Hall–Kier alpha value is -2.99. The molecule has 1 aliphatic heterocycles. The number of hydrogen-bond acceptors (Lipinski definition) is 5. The van der Waals surface area contributed by atoms with Crippen LogP contribution in [0.1, 0.15) is 11.1 Å². The fraction of sp³-hybridized carbons (Fsp3) is 0.158. The van der Waals surface area contributed by atoms with E-state index in [1.54, 1.807) is 6.20 Å². The average molecular weight is 370 g/mol. The number of rotatable bonds is 5. The van der Waals surface area contributed by atoms with Crippen LogP contribution in [0.4, 0.5) is 5.69 Å². The third-order valence-corrected chi connectivity index (χ3v) is 4.45. The van der Waals surface area contributed by atoms with Gasteiger partial charge in [0.1, 0.15) is 5.02 Å². The number of nitrogens with zero attached hydrogens (tertiary/aromatic N) is 2. The van der Waals surface area contributed by atoms with Crippen LogP contribution in [0.2, 0.25) is 5.02 Å². The SMILES string of the molecule is O=c1c(Cl)c(NCc2ccc3c(c2)OCO3)cnn1Cc1ccccc1. The van der Waals surface area contributed by atoms with Crippen LogP contribution in [0.3, 0.4) is 0 Å². The van der Waals surface area contributed by atoms with Crippen LogP contribution >= 0.6 is 11.6 Å². The highest BCUT2D eigenvalue weighted by atomic mass is 35.5. The maximum absolute atomic E-state index is 12.5. The Balaban J connectivity index is 1.49. The van der Waals surface area contributed by atoms with Gasteiger partial charge in [-0.2, -0.15) is 5.10 Å². The monoisotopic (exact) mass is 369 g/mol. The lowest BCUT2D eigenvalue weighted by Gasteiger charge is -2.11. The molecule has 1 aliphatic rings.